The van der Waals surface area contributed by atoms with Crippen molar-refractivity contribution in [2.45, 2.75) is 6.04 Å². The molecule has 0 spiro atoms. The van der Waals surface area contributed by atoms with Crippen molar-refractivity contribution in [1.82, 2.24) is 5.09 Å². The highest BCUT2D eigenvalue weighted by Crippen LogP contribution is 2.37. The van der Waals surface area contributed by atoms with Crippen LogP contribution >= 0.6 is 7.52 Å². The summed E-state index contributed by atoms with van der Waals surface area (Å²) in [6.07, 6.45) is 0. The summed E-state index contributed by atoms with van der Waals surface area (Å²) in [5, 5.41) is 11.4. The quantitative estimate of drug-likeness (QED) is 0.736. The largest absolute Gasteiger partial charge is 0.480 e. The minimum atomic E-state index is -4.14. The molecule has 2 aromatic rings. The van der Waals surface area contributed by atoms with Gasteiger partial charge in [0.1, 0.15) is 11.9 Å². The highest BCUT2D eigenvalue weighted by Gasteiger charge is 2.30. The van der Waals surface area contributed by atoms with Crippen molar-refractivity contribution in [3.05, 3.63) is 66.0 Å². The summed E-state index contributed by atoms with van der Waals surface area (Å²) in [5.74, 6) is -1.82. The first-order valence-corrected chi connectivity index (χ1v) is 7.70. The normalized spacial score (nSPS) is 15.1. The van der Waals surface area contributed by atoms with Crippen molar-refractivity contribution in [2.75, 3.05) is 0 Å². The van der Waals surface area contributed by atoms with Crippen LogP contribution in [0.3, 0.4) is 0 Å². The van der Waals surface area contributed by atoms with E-state index in [4.69, 9.17) is 0 Å². The summed E-state index contributed by atoms with van der Waals surface area (Å²) in [7, 11) is -4.14. The van der Waals surface area contributed by atoms with Crippen LogP contribution in [0.5, 0.6) is 0 Å². The summed E-state index contributed by atoms with van der Waals surface area (Å²) in [5.41, 5.74) is 0.349. The van der Waals surface area contributed by atoms with Gasteiger partial charge in [0.05, 0.1) is 5.30 Å². The second-order valence-electron chi connectivity index (χ2n) is 4.36. The molecule has 0 aromatic heterocycles. The number of carboxylic acids is 1. The zero-order chi connectivity index (χ0) is 15.5. The standard InChI is InChI=1S/C14H13FNO4P/c15-11-6-8-12(9-7-11)21(19,20)16-13(14(17)18)10-4-2-1-3-5-10/h1-9,13H,(H,17,18)(H2,16,19,20). The molecule has 5 nitrogen and oxygen atoms in total. The van der Waals surface area contributed by atoms with E-state index in [1.54, 1.807) is 18.2 Å². The smallest absolute Gasteiger partial charge is 0.325 e. The molecule has 0 radical (unpaired) electrons. The summed E-state index contributed by atoms with van der Waals surface area (Å²) in [4.78, 5) is 21.3. The molecule has 0 fully saturated rings. The first-order valence-electron chi connectivity index (χ1n) is 6.04. The topological polar surface area (TPSA) is 86.6 Å². The molecule has 0 amide bonds. The highest BCUT2D eigenvalue weighted by molar-refractivity contribution is 7.64. The zero-order valence-corrected chi connectivity index (χ0v) is 11.7. The van der Waals surface area contributed by atoms with Crippen LogP contribution in [-0.2, 0) is 9.36 Å². The Morgan fingerprint density at radius 3 is 2.19 bits per heavy atom. The lowest BCUT2D eigenvalue weighted by molar-refractivity contribution is -0.139. The number of rotatable bonds is 5. The molecular weight excluding hydrogens is 296 g/mol. The first-order chi connectivity index (χ1) is 9.90. The number of halogens is 1. The van der Waals surface area contributed by atoms with Gasteiger partial charge in [-0.25, -0.2) is 9.48 Å². The van der Waals surface area contributed by atoms with E-state index in [2.05, 4.69) is 5.09 Å². The van der Waals surface area contributed by atoms with E-state index in [-0.39, 0.29) is 5.30 Å². The summed E-state index contributed by atoms with van der Waals surface area (Å²) in [6, 6.07) is 11.1. The van der Waals surface area contributed by atoms with Crippen LogP contribution in [0.25, 0.3) is 0 Å². The lowest BCUT2D eigenvalue weighted by Gasteiger charge is -2.19. The van der Waals surface area contributed by atoms with Gasteiger partial charge >= 0.3 is 5.97 Å². The maximum absolute atomic E-state index is 12.8. The van der Waals surface area contributed by atoms with Gasteiger partial charge in [0.15, 0.2) is 0 Å². The van der Waals surface area contributed by atoms with E-state index in [0.29, 0.717) is 5.56 Å². The van der Waals surface area contributed by atoms with Crippen LogP contribution in [0.15, 0.2) is 54.6 Å². The molecule has 21 heavy (non-hydrogen) atoms. The number of hydrogen-bond donors (Lipinski definition) is 3. The third-order valence-electron chi connectivity index (χ3n) is 2.86. The SMILES string of the molecule is O=C(O)C(NP(=O)(O)c1ccc(F)cc1)c1ccccc1. The van der Waals surface area contributed by atoms with Gasteiger partial charge in [-0.2, -0.15) is 0 Å². The van der Waals surface area contributed by atoms with Crippen LogP contribution in [0.2, 0.25) is 0 Å². The van der Waals surface area contributed by atoms with Crippen molar-refractivity contribution >= 4 is 18.8 Å². The van der Waals surface area contributed by atoms with E-state index < -0.39 is 25.3 Å². The van der Waals surface area contributed by atoms with Crippen LogP contribution in [-0.4, -0.2) is 16.0 Å². The molecule has 2 rings (SSSR count). The van der Waals surface area contributed by atoms with Crippen molar-refractivity contribution in [2.24, 2.45) is 0 Å². The second-order valence-corrected chi connectivity index (χ2v) is 6.29. The molecule has 0 saturated heterocycles. The van der Waals surface area contributed by atoms with Gasteiger partial charge < -0.3 is 10.00 Å². The Labute approximate surface area is 120 Å². The predicted octanol–water partition coefficient (Wildman–Crippen LogP) is 2.05. The Kier molecular flexibility index (Phi) is 4.53. The van der Waals surface area contributed by atoms with Crippen molar-refractivity contribution in [3.63, 3.8) is 0 Å². The third-order valence-corrected chi connectivity index (χ3v) is 4.47. The number of hydrogen-bond acceptors (Lipinski definition) is 2. The number of aliphatic carboxylic acids is 1. The predicted molar refractivity (Wildman–Crippen MR) is 75.8 cm³/mol. The molecule has 0 heterocycles. The molecule has 0 aliphatic rings. The molecule has 2 unspecified atom stereocenters. The minimum absolute atomic E-state index is 0.0638. The summed E-state index contributed by atoms with van der Waals surface area (Å²) >= 11 is 0. The third kappa shape index (κ3) is 3.76. The van der Waals surface area contributed by atoms with E-state index in [1.165, 1.54) is 12.1 Å². The number of carbonyl (C=O) groups is 1. The van der Waals surface area contributed by atoms with E-state index >= 15 is 0 Å². The van der Waals surface area contributed by atoms with Crippen LogP contribution in [0, 0.1) is 5.82 Å². The maximum atomic E-state index is 12.8. The Hall–Kier alpha value is -2.01. The van der Waals surface area contributed by atoms with Crippen LogP contribution < -0.4 is 10.4 Å². The lowest BCUT2D eigenvalue weighted by Crippen LogP contribution is -2.29. The Balaban J connectivity index is 2.30. The fourth-order valence-corrected chi connectivity index (χ4v) is 3.12. The van der Waals surface area contributed by atoms with Crippen molar-refractivity contribution in [1.29, 1.82) is 0 Å². The van der Waals surface area contributed by atoms with Gasteiger partial charge in [0.2, 0.25) is 0 Å². The summed E-state index contributed by atoms with van der Waals surface area (Å²) < 4.78 is 25.1. The van der Waals surface area contributed by atoms with Crippen molar-refractivity contribution < 1.29 is 23.7 Å². The number of nitrogens with one attached hydrogen (secondary N) is 1. The first kappa shape index (κ1) is 15.4. The van der Waals surface area contributed by atoms with Gasteiger partial charge in [0.25, 0.3) is 7.52 Å². The Bertz CT molecular complexity index is 675. The summed E-state index contributed by atoms with van der Waals surface area (Å²) in [6.45, 7) is 0. The number of benzene rings is 2. The van der Waals surface area contributed by atoms with E-state index in [1.807, 2.05) is 0 Å². The zero-order valence-electron chi connectivity index (χ0n) is 10.8. The van der Waals surface area contributed by atoms with Gasteiger partial charge in [0, 0.05) is 0 Å². The molecule has 2 atom stereocenters. The van der Waals surface area contributed by atoms with Gasteiger partial charge in [-0.05, 0) is 29.8 Å². The maximum Gasteiger partial charge on any atom is 0.325 e. The minimum Gasteiger partial charge on any atom is -0.480 e. The van der Waals surface area contributed by atoms with Crippen LogP contribution in [0.1, 0.15) is 11.6 Å². The molecule has 0 aliphatic carbocycles. The molecule has 0 bridgehead atoms. The molecule has 7 heteroatoms. The second kappa shape index (κ2) is 6.18. The monoisotopic (exact) mass is 309 g/mol. The van der Waals surface area contributed by atoms with E-state index in [0.717, 1.165) is 24.3 Å². The number of carboxylic acid groups (broad SMARTS) is 1. The van der Waals surface area contributed by atoms with Gasteiger partial charge in [-0.1, -0.05) is 30.3 Å². The van der Waals surface area contributed by atoms with Gasteiger partial charge in [-0.3, -0.25) is 9.36 Å². The Morgan fingerprint density at radius 2 is 1.67 bits per heavy atom. The highest BCUT2D eigenvalue weighted by atomic mass is 31.2. The van der Waals surface area contributed by atoms with E-state index in [9.17, 15) is 23.7 Å². The van der Waals surface area contributed by atoms with Crippen molar-refractivity contribution in [3.8, 4) is 0 Å². The molecule has 0 aliphatic heterocycles. The molecule has 0 saturated carbocycles. The fourth-order valence-electron chi connectivity index (χ4n) is 1.81. The average Bonchev–Trinajstić information content (AvgIpc) is 2.46. The molecule has 2 aromatic carbocycles. The Morgan fingerprint density at radius 1 is 1.10 bits per heavy atom. The average molecular weight is 309 g/mol. The molecule has 3 N–H and O–H groups in total. The fraction of sp³-hybridized carbons (Fsp3) is 0.0714. The van der Waals surface area contributed by atoms with Gasteiger partial charge in [-0.15, -0.1) is 0 Å². The lowest BCUT2D eigenvalue weighted by atomic mass is 10.1. The van der Waals surface area contributed by atoms with Crippen LogP contribution in [0.4, 0.5) is 4.39 Å². The molecular formula is C14H13FNO4P. The molecule has 110 valence electrons.